The number of carbonyl (C=O) groups excluding carboxylic acids is 2. The van der Waals surface area contributed by atoms with E-state index in [1.807, 2.05) is 38.1 Å². The van der Waals surface area contributed by atoms with Crippen LogP contribution in [0.2, 0.25) is 0 Å². The summed E-state index contributed by atoms with van der Waals surface area (Å²) in [6.07, 6.45) is 0.813. The minimum absolute atomic E-state index is 0.0579. The molecule has 0 fully saturated rings. The summed E-state index contributed by atoms with van der Waals surface area (Å²) >= 11 is 3.38. The summed E-state index contributed by atoms with van der Waals surface area (Å²) in [5, 5.41) is 2.82. The van der Waals surface area contributed by atoms with E-state index >= 15 is 0 Å². The van der Waals surface area contributed by atoms with Crippen molar-refractivity contribution in [2.24, 2.45) is 0 Å². The van der Waals surface area contributed by atoms with Crippen molar-refractivity contribution in [3.8, 4) is 11.5 Å². The third-order valence-corrected chi connectivity index (χ3v) is 4.26. The quantitative estimate of drug-likeness (QED) is 0.358. The Morgan fingerprint density at radius 2 is 1.82 bits per heavy atom. The van der Waals surface area contributed by atoms with Crippen LogP contribution in [0.15, 0.2) is 53.0 Å². The molecule has 150 valence electrons. The highest BCUT2D eigenvalue weighted by atomic mass is 79.9. The van der Waals surface area contributed by atoms with Crippen LogP contribution >= 0.6 is 15.9 Å². The molecule has 0 bridgehead atoms. The van der Waals surface area contributed by atoms with E-state index in [0.29, 0.717) is 24.5 Å². The van der Waals surface area contributed by atoms with E-state index in [9.17, 15) is 9.59 Å². The predicted molar refractivity (Wildman–Crippen MR) is 113 cm³/mol. The minimum atomic E-state index is -0.323. The van der Waals surface area contributed by atoms with E-state index in [2.05, 4.69) is 21.2 Å². The van der Waals surface area contributed by atoms with Gasteiger partial charge in [-0.25, -0.2) is 4.79 Å². The molecule has 1 N–H and O–H groups in total. The highest BCUT2D eigenvalue weighted by Gasteiger charge is 2.12. The molecule has 0 saturated heterocycles. The van der Waals surface area contributed by atoms with Crippen molar-refractivity contribution in [2.45, 2.75) is 32.7 Å². The molecule has 2 aromatic rings. The summed E-state index contributed by atoms with van der Waals surface area (Å²) < 4.78 is 11.9. The van der Waals surface area contributed by atoms with Gasteiger partial charge in [-0.15, -0.1) is 0 Å². The SMILES string of the molecule is CC(C)NC(=O)N(C)c1ccc(OC(=O)CCCOc2cccc(Br)c2)cc1. The Kier molecular flexibility index (Phi) is 8.32. The molecule has 0 saturated carbocycles. The van der Waals surface area contributed by atoms with E-state index in [-0.39, 0.29) is 24.5 Å². The molecule has 28 heavy (non-hydrogen) atoms. The van der Waals surface area contributed by atoms with Crippen LogP contribution in [0.1, 0.15) is 26.7 Å². The summed E-state index contributed by atoms with van der Waals surface area (Å²) in [6.45, 7) is 4.23. The lowest BCUT2D eigenvalue weighted by atomic mass is 10.3. The first-order chi connectivity index (χ1) is 13.3. The number of rotatable bonds is 8. The number of urea groups is 1. The van der Waals surface area contributed by atoms with Crippen molar-refractivity contribution in [1.82, 2.24) is 5.32 Å². The van der Waals surface area contributed by atoms with Crippen LogP contribution in [-0.4, -0.2) is 31.7 Å². The number of halogens is 1. The number of hydrogen-bond acceptors (Lipinski definition) is 4. The van der Waals surface area contributed by atoms with Gasteiger partial charge in [0.05, 0.1) is 6.61 Å². The normalized spacial score (nSPS) is 10.5. The smallest absolute Gasteiger partial charge is 0.321 e. The zero-order chi connectivity index (χ0) is 20.5. The molecule has 0 aromatic heterocycles. The minimum Gasteiger partial charge on any atom is -0.494 e. The molecule has 2 amide bonds. The van der Waals surface area contributed by atoms with Gasteiger partial charge in [0.2, 0.25) is 0 Å². The molecule has 2 rings (SSSR count). The van der Waals surface area contributed by atoms with Crippen molar-refractivity contribution in [3.63, 3.8) is 0 Å². The van der Waals surface area contributed by atoms with Crippen molar-refractivity contribution >= 4 is 33.6 Å². The molecule has 0 atom stereocenters. The zero-order valence-electron chi connectivity index (χ0n) is 16.3. The van der Waals surface area contributed by atoms with Gasteiger partial charge in [0.1, 0.15) is 11.5 Å². The lowest BCUT2D eigenvalue weighted by Gasteiger charge is -2.20. The highest BCUT2D eigenvalue weighted by molar-refractivity contribution is 9.10. The van der Waals surface area contributed by atoms with Crippen LogP contribution in [-0.2, 0) is 4.79 Å². The van der Waals surface area contributed by atoms with Crippen LogP contribution in [0, 0.1) is 0 Å². The van der Waals surface area contributed by atoms with Gasteiger partial charge >= 0.3 is 12.0 Å². The van der Waals surface area contributed by atoms with Gasteiger partial charge < -0.3 is 14.8 Å². The molecule has 0 spiro atoms. The number of amides is 2. The van der Waals surface area contributed by atoms with Crippen molar-refractivity contribution in [2.75, 3.05) is 18.6 Å². The fourth-order valence-electron chi connectivity index (χ4n) is 2.34. The number of benzene rings is 2. The monoisotopic (exact) mass is 448 g/mol. The van der Waals surface area contributed by atoms with E-state index in [1.54, 1.807) is 31.3 Å². The molecule has 2 aromatic carbocycles. The van der Waals surface area contributed by atoms with E-state index in [1.165, 1.54) is 4.90 Å². The molecule has 0 aliphatic rings. The molecule has 0 aliphatic heterocycles. The standard InChI is InChI=1S/C21H25BrN2O4/c1-15(2)23-21(26)24(3)17-9-11-18(12-10-17)28-20(25)8-5-13-27-19-7-4-6-16(22)14-19/h4,6-7,9-12,14-15H,5,8,13H2,1-3H3,(H,23,26). The van der Waals surface area contributed by atoms with Gasteiger partial charge in [-0.3, -0.25) is 9.69 Å². The second-order valence-corrected chi connectivity index (χ2v) is 7.46. The average Bonchev–Trinajstić information content (AvgIpc) is 2.65. The Morgan fingerprint density at radius 3 is 2.46 bits per heavy atom. The highest BCUT2D eigenvalue weighted by Crippen LogP contribution is 2.20. The fraction of sp³-hybridized carbons (Fsp3) is 0.333. The number of hydrogen-bond donors (Lipinski definition) is 1. The van der Waals surface area contributed by atoms with Crippen LogP contribution in [0.3, 0.4) is 0 Å². The summed E-state index contributed by atoms with van der Waals surface area (Å²) in [6, 6.07) is 14.2. The largest absolute Gasteiger partial charge is 0.494 e. The Hall–Kier alpha value is -2.54. The zero-order valence-corrected chi connectivity index (χ0v) is 17.9. The third kappa shape index (κ3) is 7.23. The number of carbonyl (C=O) groups is 2. The Morgan fingerprint density at radius 1 is 1.11 bits per heavy atom. The van der Waals surface area contributed by atoms with E-state index in [0.717, 1.165) is 10.2 Å². The van der Waals surface area contributed by atoms with Crippen molar-refractivity contribution in [1.29, 1.82) is 0 Å². The summed E-state index contributed by atoms with van der Waals surface area (Å²) in [7, 11) is 1.68. The number of ether oxygens (including phenoxy) is 2. The van der Waals surface area contributed by atoms with Gasteiger partial charge in [-0.2, -0.15) is 0 Å². The van der Waals surface area contributed by atoms with Crippen LogP contribution in [0.4, 0.5) is 10.5 Å². The first kappa shape index (κ1) is 21.8. The molecule has 0 aliphatic carbocycles. The number of nitrogens with zero attached hydrogens (tertiary/aromatic N) is 1. The second kappa shape index (κ2) is 10.7. The van der Waals surface area contributed by atoms with Gasteiger partial charge in [-0.1, -0.05) is 22.0 Å². The van der Waals surface area contributed by atoms with Crippen molar-refractivity contribution < 1.29 is 19.1 Å². The van der Waals surface area contributed by atoms with E-state index in [4.69, 9.17) is 9.47 Å². The Bertz CT molecular complexity index is 793. The summed E-state index contributed by atoms with van der Waals surface area (Å²) in [5.74, 6) is 0.875. The molecule has 6 nitrogen and oxygen atoms in total. The topological polar surface area (TPSA) is 67.9 Å². The third-order valence-electron chi connectivity index (χ3n) is 3.76. The van der Waals surface area contributed by atoms with Crippen molar-refractivity contribution in [3.05, 3.63) is 53.0 Å². The van der Waals surface area contributed by atoms with Crippen LogP contribution in [0.5, 0.6) is 11.5 Å². The maximum Gasteiger partial charge on any atom is 0.321 e. The first-order valence-electron chi connectivity index (χ1n) is 9.08. The molecule has 0 unspecified atom stereocenters. The van der Waals surface area contributed by atoms with E-state index < -0.39 is 0 Å². The number of esters is 1. The van der Waals surface area contributed by atoms with Gasteiger partial charge in [0.25, 0.3) is 0 Å². The maximum atomic E-state index is 12.0. The molecule has 7 heteroatoms. The lowest BCUT2D eigenvalue weighted by Crippen LogP contribution is -2.40. The van der Waals surface area contributed by atoms with Gasteiger partial charge in [-0.05, 0) is 62.7 Å². The second-order valence-electron chi connectivity index (χ2n) is 6.54. The number of nitrogens with one attached hydrogen (secondary N) is 1. The molecule has 0 heterocycles. The van der Waals surface area contributed by atoms with Crippen LogP contribution in [0.25, 0.3) is 0 Å². The number of anilines is 1. The van der Waals surface area contributed by atoms with Crippen LogP contribution < -0.4 is 19.7 Å². The molecular weight excluding hydrogens is 424 g/mol. The Balaban J connectivity index is 1.75. The average molecular weight is 449 g/mol. The lowest BCUT2D eigenvalue weighted by molar-refractivity contribution is -0.134. The van der Waals surface area contributed by atoms with Gasteiger partial charge in [0, 0.05) is 29.7 Å². The molecular formula is C21H25BrN2O4. The fourth-order valence-corrected chi connectivity index (χ4v) is 2.72. The Labute approximate surface area is 174 Å². The van der Waals surface area contributed by atoms with Gasteiger partial charge in [0.15, 0.2) is 0 Å². The summed E-state index contributed by atoms with van der Waals surface area (Å²) in [4.78, 5) is 25.5. The molecule has 0 radical (unpaired) electrons. The summed E-state index contributed by atoms with van der Waals surface area (Å²) in [5.41, 5.74) is 0.709. The first-order valence-corrected chi connectivity index (χ1v) is 9.88. The maximum absolute atomic E-state index is 12.0. The predicted octanol–water partition coefficient (Wildman–Crippen LogP) is 4.77.